The summed E-state index contributed by atoms with van der Waals surface area (Å²) in [5.41, 5.74) is 5.07. The van der Waals surface area contributed by atoms with E-state index in [4.69, 9.17) is 4.99 Å². The summed E-state index contributed by atoms with van der Waals surface area (Å²) < 4.78 is 0. The van der Waals surface area contributed by atoms with E-state index >= 15 is 0 Å². The fourth-order valence-electron chi connectivity index (χ4n) is 3.18. The highest BCUT2D eigenvalue weighted by Gasteiger charge is 2.26. The highest BCUT2D eigenvalue weighted by Crippen LogP contribution is 2.39. The van der Waals surface area contributed by atoms with Gasteiger partial charge in [0.1, 0.15) is 0 Å². The molecule has 0 amide bonds. The maximum Gasteiger partial charge on any atom is 0.196 e. The molecule has 0 saturated carbocycles. The van der Waals surface area contributed by atoms with Crippen LogP contribution in [0.25, 0.3) is 0 Å². The van der Waals surface area contributed by atoms with Gasteiger partial charge in [-0.05, 0) is 43.0 Å². The van der Waals surface area contributed by atoms with Gasteiger partial charge in [-0.15, -0.1) is 0 Å². The molecule has 1 unspecified atom stereocenters. The molecule has 106 valence electrons. The Labute approximate surface area is 124 Å². The molecular formula is C17H18N4. The van der Waals surface area contributed by atoms with Crippen molar-refractivity contribution in [2.75, 3.05) is 5.32 Å². The lowest BCUT2D eigenvalue weighted by Crippen LogP contribution is -2.35. The van der Waals surface area contributed by atoms with Gasteiger partial charge in [0.2, 0.25) is 0 Å². The monoisotopic (exact) mass is 278 g/mol. The normalized spacial score (nSPS) is 19.2. The second-order valence-corrected chi connectivity index (χ2v) is 5.56. The van der Waals surface area contributed by atoms with Gasteiger partial charge in [-0.25, -0.2) is 4.99 Å². The molecule has 1 aromatic carbocycles. The van der Waals surface area contributed by atoms with E-state index in [1.807, 2.05) is 24.4 Å². The minimum atomic E-state index is 0.303. The lowest BCUT2D eigenvalue weighted by molar-refractivity contribution is 0.567. The zero-order valence-electron chi connectivity index (χ0n) is 11.8. The van der Waals surface area contributed by atoms with Crippen LogP contribution >= 0.6 is 0 Å². The molecule has 2 N–H and O–H groups in total. The average Bonchev–Trinajstić information content (AvgIpc) is 2.54. The zero-order valence-corrected chi connectivity index (χ0v) is 11.8. The number of nitrogens with zero attached hydrogens (tertiary/aromatic N) is 2. The first kappa shape index (κ1) is 12.4. The van der Waals surface area contributed by atoms with E-state index in [-0.39, 0.29) is 0 Å². The van der Waals surface area contributed by atoms with Gasteiger partial charge in [0.05, 0.1) is 18.3 Å². The number of anilines is 1. The van der Waals surface area contributed by atoms with Crippen LogP contribution in [0.2, 0.25) is 0 Å². The summed E-state index contributed by atoms with van der Waals surface area (Å²) in [5, 5.41) is 6.78. The summed E-state index contributed by atoms with van der Waals surface area (Å²) in [5.74, 6) is 0.859. The second-order valence-electron chi connectivity index (χ2n) is 5.56. The Hall–Kier alpha value is -2.36. The van der Waals surface area contributed by atoms with Gasteiger partial charge in [-0.2, -0.15) is 0 Å². The summed E-state index contributed by atoms with van der Waals surface area (Å²) in [6.07, 6.45) is 5.35. The van der Waals surface area contributed by atoms with Crippen LogP contribution in [0.1, 0.15) is 35.7 Å². The molecule has 0 saturated heterocycles. The quantitative estimate of drug-likeness (QED) is 0.887. The second kappa shape index (κ2) is 5.20. The van der Waals surface area contributed by atoms with Crippen LogP contribution in [0.5, 0.6) is 0 Å². The molecule has 1 atom stereocenters. The summed E-state index contributed by atoms with van der Waals surface area (Å²) in [6.45, 7) is 0.689. The van der Waals surface area contributed by atoms with Crippen LogP contribution in [0.3, 0.4) is 0 Å². The third-order valence-electron chi connectivity index (χ3n) is 4.15. The van der Waals surface area contributed by atoms with E-state index in [1.165, 1.54) is 29.7 Å². The molecule has 0 radical (unpaired) electrons. The number of pyridine rings is 1. The van der Waals surface area contributed by atoms with Crippen molar-refractivity contribution in [3.8, 4) is 0 Å². The number of nitrogens with one attached hydrogen (secondary N) is 2. The molecule has 1 aliphatic carbocycles. The third kappa shape index (κ3) is 2.37. The lowest BCUT2D eigenvalue weighted by Gasteiger charge is -2.30. The fourth-order valence-corrected chi connectivity index (χ4v) is 3.18. The number of benzene rings is 1. The summed E-state index contributed by atoms with van der Waals surface area (Å²) in [7, 11) is 0. The van der Waals surface area contributed by atoms with Crippen LogP contribution in [0, 0.1) is 0 Å². The Morgan fingerprint density at radius 3 is 3.10 bits per heavy atom. The number of hydrogen-bond donors (Lipinski definition) is 2. The molecule has 0 spiro atoms. The SMILES string of the molecule is c1ccc(CNC2=NC3CCCc4cccc(c43)N2)nc1. The van der Waals surface area contributed by atoms with Gasteiger partial charge in [-0.3, -0.25) is 4.98 Å². The zero-order chi connectivity index (χ0) is 14.1. The minimum absolute atomic E-state index is 0.303. The van der Waals surface area contributed by atoms with Crippen LogP contribution in [-0.2, 0) is 13.0 Å². The van der Waals surface area contributed by atoms with Gasteiger partial charge in [0.25, 0.3) is 0 Å². The highest BCUT2D eigenvalue weighted by atomic mass is 15.2. The summed E-state index contributed by atoms with van der Waals surface area (Å²) >= 11 is 0. The first-order valence-corrected chi connectivity index (χ1v) is 7.50. The van der Waals surface area contributed by atoms with Gasteiger partial charge in [0, 0.05) is 17.4 Å². The van der Waals surface area contributed by atoms with Crippen molar-refractivity contribution < 1.29 is 0 Å². The Bertz CT molecular complexity index is 678. The molecule has 21 heavy (non-hydrogen) atoms. The molecule has 2 aliphatic rings. The molecular weight excluding hydrogens is 260 g/mol. The molecule has 1 aromatic heterocycles. The van der Waals surface area contributed by atoms with Crippen molar-refractivity contribution in [2.45, 2.75) is 31.8 Å². The van der Waals surface area contributed by atoms with E-state index in [0.717, 1.165) is 18.1 Å². The maximum absolute atomic E-state index is 4.84. The van der Waals surface area contributed by atoms with Crippen molar-refractivity contribution in [1.29, 1.82) is 0 Å². The number of guanidine groups is 1. The molecule has 2 aromatic rings. The predicted octanol–water partition coefficient (Wildman–Crippen LogP) is 3.03. The van der Waals surface area contributed by atoms with Gasteiger partial charge in [0.15, 0.2) is 5.96 Å². The van der Waals surface area contributed by atoms with E-state index in [9.17, 15) is 0 Å². The lowest BCUT2D eigenvalue weighted by atomic mass is 9.86. The Kier molecular flexibility index (Phi) is 3.07. The third-order valence-corrected chi connectivity index (χ3v) is 4.15. The van der Waals surface area contributed by atoms with Gasteiger partial charge < -0.3 is 10.6 Å². The van der Waals surface area contributed by atoms with Crippen molar-refractivity contribution in [2.24, 2.45) is 4.99 Å². The summed E-state index contributed by atoms with van der Waals surface area (Å²) in [6, 6.07) is 12.8. The first-order chi connectivity index (χ1) is 10.4. The number of aryl methyl sites for hydroxylation is 1. The molecule has 2 heterocycles. The van der Waals surface area contributed by atoms with E-state index < -0.39 is 0 Å². The van der Waals surface area contributed by atoms with Crippen LogP contribution in [-0.4, -0.2) is 10.9 Å². The van der Waals surface area contributed by atoms with Gasteiger partial charge in [-0.1, -0.05) is 18.2 Å². The average molecular weight is 278 g/mol. The Morgan fingerprint density at radius 2 is 2.19 bits per heavy atom. The van der Waals surface area contributed by atoms with Crippen molar-refractivity contribution >= 4 is 11.6 Å². The number of hydrogen-bond acceptors (Lipinski definition) is 4. The molecule has 4 heteroatoms. The standard InChI is InChI=1S/C17H18N4/c1-2-10-18-13(7-1)11-19-17-20-14-8-3-5-12-6-4-9-15(21-17)16(12)14/h1-3,5,7-8,10,15H,4,6,9,11H2,(H2,19,20,21). The van der Waals surface area contributed by atoms with Crippen molar-refractivity contribution in [3.63, 3.8) is 0 Å². The number of aromatic nitrogens is 1. The van der Waals surface area contributed by atoms with E-state index in [2.05, 4.69) is 33.8 Å². The van der Waals surface area contributed by atoms with Crippen molar-refractivity contribution in [3.05, 3.63) is 59.4 Å². The van der Waals surface area contributed by atoms with Crippen LogP contribution < -0.4 is 10.6 Å². The largest absolute Gasteiger partial charge is 0.350 e. The highest BCUT2D eigenvalue weighted by molar-refractivity contribution is 5.96. The molecule has 0 bridgehead atoms. The maximum atomic E-state index is 4.84. The smallest absolute Gasteiger partial charge is 0.196 e. The Balaban J connectivity index is 1.55. The molecule has 4 nitrogen and oxygen atoms in total. The fraction of sp³-hybridized carbons (Fsp3) is 0.294. The minimum Gasteiger partial charge on any atom is -0.350 e. The molecule has 1 aliphatic heterocycles. The Morgan fingerprint density at radius 1 is 1.19 bits per heavy atom. The number of aliphatic imine (C=N–C) groups is 1. The van der Waals surface area contributed by atoms with Gasteiger partial charge >= 0.3 is 0 Å². The van der Waals surface area contributed by atoms with Crippen molar-refractivity contribution in [1.82, 2.24) is 10.3 Å². The number of rotatable bonds is 2. The van der Waals surface area contributed by atoms with E-state index in [1.54, 1.807) is 0 Å². The first-order valence-electron chi connectivity index (χ1n) is 7.50. The van der Waals surface area contributed by atoms with E-state index in [0.29, 0.717) is 12.6 Å². The van der Waals surface area contributed by atoms with Crippen LogP contribution in [0.15, 0.2) is 47.6 Å². The summed E-state index contributed by atoms with van der Waals surface area (Å²) in [4.78, 5) is 9.16. The molecule has 4 rings (SSSR count). The topological polar surface area (TPSA) is 49.3 Å². The predicted molar refractivity (Wildman–Crippen MR) is 84.3 cm³/mol. The van der Waals surface area contributed by atoms with Crippen LogP contribution in [0.4, 0.5) is 5.69 Å². The molecule has 0 fully saturated rings.